The third kappa shape index (κ3) is 3.03. The Bertz CT molecular complexity index is 848. The molecule has 2 aromatic carbocycles. The highest BCUT2D eigenvalue weighted by Gasteiger charge is 2.39. The van der Waals surface area contributed by atoms with Gasteiger partial charge >= 0.3 is 0 Å². The molecule has 0 aliphatic carbocycles. The summed E-state index contributed by atoms with van der Waals surface area (Å²) in [6.45, 7) is 1.92. The molecule has 3 nitrogen and oxygen atoms in total. The Kier molecular flexibility index (Phi) is 4.87. The van der Waals surface area contributed by atoms with Crippen molar-refractivity contribution in [1.29, 1.82) is 0 Å². The number of nitrogens with zero attached hydrogens (tertiary/aromatic N) is 1. The minimum absolute atomic E-state index is 0.326. The van der Waals surface area contributed by atoms with Gasteiger partial charge in [-0.1, -0.05) is 41.1 Å². The second-order valence-electron chi connectivity index (χ2n) is 5.07. The molecule has 0 atom stereocenters. The van der Waals surface area contributed by atoms with Crippen LogP contribution in [0.2, 0.25) is 0 Å². The lowest BCUT2D eigenvalue weighted by Gasteiger charge is -2.15. The minimum atomic E-state index is -0.388. The van der Waals surface area contributed by atoms with Gasteiger partial charge in [-0.2, -0.15) is 0 Å². The number of hydrogen-bond donors (Lipinski definition) is 0. The molecule has 6 heteroatoms. The molecule has 1 aliphatic heterocycles. The lowest BCUT2D eigenvalue weighted by molar-refractivity contribution is -0.119. The molecule has 1 heterocycles. The predicted octanol–water partition coefficient (Wildman–Crippen LogP) is 4.63. The van der Waals surface area contributed by atoms with Crippen LogP contribution < -0.4 is 4.90 Å². The Morgan fingerprint density at radius 2 is 1.79 bits per heavy atom. The normalized spacial score (nSPS) is 14.7. The van der Waals surface area contributed by atoms with E-state index in [1.165, 1.54) is 40.9 Å². The number of thioether (sulfide) groups is 1. The highest BCUT2D eigenvalue weighted by Crippen LogP contribution is 2.38. The van der Waals surface area contributed by atoms with Crippen LogP contribution in [0.3, 0.4) is 0 Å². The van der Waals surface area contributed by atoms with E-state index in [9.17, 15) is 14.0 Å². The molecule has 0 N–H and O–H groups in total. The topological polar surface area (TPSA) is 37.4 Å². The number of hydrogen-bond acceptors (Lipinski definition) is 3. The van der Waals surface area contributed by atoms with Crippen molar-refractivity contribution in [3.8, 4) is 0 Å². The van der Waals surface area contributed by atoms with Crippen LogP contribution in [0.15, 0.2) is 57.9 Å². The summed E-state index contributed by atoms with van der Waals surface area (Å²) in [6.07, 6.45) is 0. The molecule has 3 rings (SSSR count). The molecule has 122 valence electrons. The number of rotatable bonds is 4. The van der Waals surface area contributed by atoms with E-state index in [0.29, 0.717) is 27.5 Å². The van der Waals surface area contributed by atoms with Gasteiger partial charge in [-0.25, -0.2) is 9.29 Å². The van der Waals surface area contributed by atoms with Gasteiger partial charge in [-0.05, 0) is 41.6 Å². The van der Waals surface area contributed by atoms with E-state index in [2.05, 4.69) is 15.9 Å². The van der Waals surface area contributed by atoms with E-state index >= 15 is 0 Å². The number of benzene rings is 2. The fourth-order valence-corrected chi connectivity index (χ4v) is 3.75. The van der Waals surface area contributed by atoms with Crippen molar-refractivity contribution in [2.75, 3.05) is 10.7 Å². The third-order valence-corrected chi connectivity index (χ3v) is 4.98. The van der Waals surface area contributed by atoms with Crippen LogP contribution >= 0.6 is 27.7 Å². The lowest BCUT2D eigenvalue weighted by atomic mass is 10.1. The van der Waals surface area contributed by atoms with Gasteiger partial charge in [0.25, 0.3) is 11.8 Å². The zero-order valence-electron chi connectivity index (χ0n) is 12.8. The first-order valence-electron chi connectivity index (χ1n) is 7.30. The number of halogens is 2. The number of imide groups is 1. The maximum atomic E-state index is 13.2. The van der Waals surface area contributed by atoms with Gasteiger partial charge in [0.1, 0.15) is 5.82 Å². The summed E-state index contributed by atoms with van der Waals surface area (Å²) >= 11 is 4.68. The maximum Gasteiger partial charge on any atom is 0.272 e. The van der Waals surface area contributed by atoms with Gasteiger partial charge in [-0.15, -0.1) is 11.8 Å². The molecule has 0 aromatic heterocycles. The molecular formula is C18H13BrFNO2S. The fourth-order valence-electron chi connectivity index (χ4n) is 2.51. The van der Waals surface area contributed by atoms with Crippen LogP contribution in [0.25, 0.3) is 5.57 Å². The van der Waals surface area contributed by atoms with Crippen LogP contribution in [-0.4, -0.2) is 17.6 Å². The van der Waals surface area contributed by atoms with Gasteiger partial charge in [0.15, 0.2) is 0 Å². The SMILES string of the molecule is CCSC1=C(c2ccc(F)cc2)C(=O)N(c2cccc(Br)c2)C1=O. The van der Waals surface area contributed by atoms with Crippen molar-refractivity contribution in [3.63, 3.8) is 0 Å². The smallest absolute Gasteiger partial charge is 0.268 e. The summed E-state index contributed by atoms with van der Waals surface area (Å²) < 4.78 is 14.0. The first-order chi connectivity index (χ1) is 11.5. The second-order valence-corrected chi connectivity index (χ2v) is 7.26. The van der Waals surface area contributed by atoms with Gasteiger partial charge in [0.05, 0.1) is 16.2 Å². The summed E-state index contributed by atoms with van der Waals surface area (Å²) in [6, 6.07) is 12.6. The number of amides is 2. The van der Waals surface area contributed by atoms with Gasteiger partial charge in [0.2, 0.25) is 0 Å². The average Bonchev–Trinajstić information content (AvgIpc) is 2.80. The summed E-state index contributed by atoms with van der Waals surface area (Å²) in [4.78, 5) is 27.3. The Balaban J connectivity index is 2.09. The van der Waals surface area contributed by atoms with Crippen LogP contribution in [-0.2, 0) is 9.59 Å². The summed E-state index contributed by atoms with van der Waals surface area (Å²) in [7, 11) is 0. The van der Waals surface area contributed by atoms with Gasteiger partial charge in [-0.3, -0.25) is 9.59 Å². The predicted molar refractivity (Wildman–Crippen MR) is 98.1 cm³/mol. The third-order valence-electron chi connectivity index (χ3n) is 3.53. The largest absolute Gasteiger partial charge is 0.272 e. The Morgan fingerprint density at radius 3 is 2.42 bits per heavy atom. The molecule has 24 heavy (non-hydrogen) atoms. The highest BCUT2D eigenvalue weighted by molar-refractivity contribution is 9.10. The zero-order valence-corrected chi connectivity index (χ0v) is 15.2. The molecule has 0 unspecified atom stereocenters. The first kappa shape index (κ1) is 16.9. The minimum Gasteiger partial charge on any atom is -0.268 e. The molecule has 2 aromatic rings. The lowest BCUT2D eigenvalue weighted by Crippen LogP contribution is -2.31. The number of anilines is 1. The zero-order chi connectivity index (χ0) is 17.3. The van der Waals surface area contributed by atoms with Crippen molar-refractivity contribution in [2.24, 2.45) is 0 Å². The van der Waals surface area contributed by atoms with Crippen molar-refractivity contribution in [1.82, 2.24) is 0 Å². The van der Waals surface area contributed by atoms with Gasteiger partial charge in [0, 0.05) is 4.47 Å². The molecule has 0 saturated heterocycles. The monoisotopic (exact) mass is 405 g/mol. The molecule has 2 amide bonds. The molecular weight excluding hydrogens is 393 g/mol. The summed E-state index contributed by atoms with van der Waals surface area (Å²) in [5, 5.41) is 0. The van der Waals surface area contributed by atoms with Crippen molar-refractivity contribution in [2.45, 2.75) is 6.92 Å². The van der Waals surface area contributed by atoms with Crippen molar-refractivity contribution < 1.29 is 14.0 Å². The molecule has 0 fully saturated rings. The van der Waals surface area contributed by atoms with E-state index in [0.717, 1.165) is 4.47 Å². The maximum absolute atomic E-state index is 13.2. The quantitative estimate of drug-likeness (QED) is 0.696. The first-order valence-corrected chi connectivity index (χ1v) is 9.08. The Labute approximate surface area is 151 Å². The van der Waals surface area contributed by atoms with Crippen molar-refractivity contribution >= 4 is 50.8 Å². The molecule has 0 saturated carbocycles. The fraction of sp³-hybridized carbons (Fsp3) is 0.111. The second kappa shape index (κ2) is 6.91. The van der Waals surface area contributed by atoms with Crippen LogP contribution in [0, 0.1) is 5.82 Å². The van der Waals surface area contributed by atoms with Crippen LogP contribution in [0.5, 0.6) is 0 Å². The molecule has 0 spiro atoms. The summed E-state index contributed by atoms with van der Waals surface area (Å²) in [5.41, 5.74) is 1.38. The molecule has 0 bridgehead atoms. The number of carbonyl (C=O) groups is 2. The molecule has 0 radical (unpaired) electrons. The van der Waals surface area contributed by atoms with E-state index in [1.807, 2.05) is 13.0 Å². The van der Waals surface area contributed by atoms with E-state index < -0.39 is 0 Å². The van der Waals surface area contributed by atoms with E-state index in [-0.39, 0.29) is 17.6 Å². The van der Waals surface area contributed by atoms with Gasteiger partial charge < -0.3 is 0 Å². The summed E-state index contributed by atoms with van der Waals surface area (Å²) in [5.74, 6) is -0.458. The molecule has 1 aliphatic rings. The highest BCUT2D eigenvalue weighted by atomic mass is 79.9. The average molecular weight is 406 g/mol. The Morgan fingerprint density at radius 1 is 1.08 bits per heavy atom. The Hall–Kier alpha value is -1.92. The van der Waals surface area contributed by atoms with E-state index in [1.54, 1.807) is 18.2 Å². The number of carbonyl (C=O) groups excluding carboxylic acids is 2. The van der Waals surface area contributed by atoms with Crippen molar-refractivity contribution in [3.05, 3.63) is 69.3 Å². The van der Waals surface area contributed by atoms with Crippen LogP contribution in [0.1, 0.15) is 12.5 Å². The van der Waals surface area contributed by atoms with Crippen LogP contribution in [0.4, 0.5) is 10.1 Å². The standard InChI is InChI=1S/C18H13BrFNO2S/c1-2-24-16-15(11-6-8-13(20)9-7-11)17(22)21(18(16)23)14-5-3-4-12(19)10-14/h3-10H,2H2,1H3. The van der Waals surface area contributed by atoms with E-state index in [4.69, 9.17) is 0 Å².